The van der Waals surface area contributed by atoms with E-state index in [9.17, 15) is 9.59 Å². The SMILES string of the molecule is CCCC(=N)c1nc(C)n(CCOc2ccc(SC(C)(C)C(=O)OCC)cc2)c(=O)c1NCC. The molecule has 2 aromatic rings. The zero-order valence-electron chi connectivity index (χ0n) is 21.0. The molecule has 0 fully saturated rings. The molecule has 2 N–H and O–H groups in total. The van der Waals surface area contributed by atoms with Crippen LogP contribution in [0, 0.1) is 12.3 Å². The number of esters is 1. The van der Waals surface area contributed by atoms with Gasteiger partial charge < -0.3 is 20.2 Å². The summed E-state index contributed by atoms with van der Waals surface area (Å²) in [6.07, 6.45) is 1.39. The van der Waals surface area contributed by atoms with Crippen molar-refractivity contribution in [3.05, 3.63) is 46.1 Å². The minimum atomic E-state index is -0.687. The number of hydrogen-bond donors (Lipinski definition) is 2. The van der Waals surface area contributed by atoms with Crippen LogP contribution < -0.4 is 15.6 Å². The quantitative estimate of drug-likeness (QED) is 0.240. The molecule has 1 heterocycles. The van der Waals surface area contributed by atoms with E-state index < -0.39 is 4.75 Å². The van der Waals surface area contributed by atoms with Crippen LogP contribution in [0.1, 0.15) is 59.0 Å². The van der Waals surface area contributed by atoms with Gasteiger partial charge in [-0.25, -0.2) is 4.98 Å². The lowest BCUT2D eigenvalue weighted by Gasteiger charge is -2.21. The van der Waals surface area contributed by atoms with E-state index in [1.807, 2.05) is 52.0 Å². The number of thioether (sulfide) groups is 1. The van der Waals surface area contributed by atoms with E-state index in [-0.39, 0.29) is 11.5 Å². The first kappa shape index (κ1) is 27.4. The van der Waals surface area contributed by atoms with Crippen molar-refractivity contribution < 1.29 is 14.3 Å². The van der Waals surface area contributed by atoms with Crippen molar-refractivity contribution >= 4 is 29.1 Å². The third kappa shape index (κ3) is 7.09. The van der Waals surface area contributed by atoms with E-state index in [1.54, 1.807) is 18.4 Å². The number of hydrogen-bond acceptors (Lipinski definition) is 8. The minimum Gasteiger partial charge on any atom is -0.492 e. The lowest BCUT2D eigenvalue weighted by Crippen LogP contribution is -2.31. The minimum absolute atomic E-state index is 0.193. The maximum absolute atomic E-state index is 13.1. The predicted octanol–water partition coefficient (Wildman–Crippen LogP) is 4.66. The zero-order chi connectivity index (χ0) is 25.3. The number of rotatable bonds is 13. The molecule has 0 aliphatic heterocycles. The van der Waals surface area contributed by atoms with Gasteiger partial charge in [0.15, 0.2) is 0 Å². The van der Waals surface area contributed by atoms with E-state index in [0.717, 1.165) is 11.3 Å². The first-order valence-electron chi connectivity index (χ1n) is 11.7. The average Bonchev–Trinajstić information content (AvgIpc) is 2.79. The number of nitrogens with zero attached hydrogens (tertiary/aromatic N) is 2. The van der Waals surface area contributed by atoms with Crippen LogP contribution in [-0.4, -0.2) is 45.7 Å². The molecule has 0 saturated carbocycles. The highest BCUT2D eigenvalue weighted by Gasteiger charge is 2.30. The van der Waals surface area contributed by atoms with Gasteiger partial charge in [0, 0.05) is 11.4 Å². The van der Waals surface area contributed by atoms with Crippen molar-refractivity contribution in [1.29, 1.82) is 5.41 Å². The number of carbonyl (C=O) groups is 1. The number of aromatic nitrogens is 2. The number of ether oxygens (including phenoxy) is 2. The van der Waals surface area contributed by atoms with E-state index in [2.05, 4.69) is 10.3 Å². The van der Waals surface area contributed by atoms with Gasteiger partial charge >= 0.3 is 5.97 Å². The monoisotopic (exact) mass is 488 g/mol. The standard InChI is InChI=1S/C25H36N4O4S/c1-7-10-20(26)21-22(27-8-2)23(30)29(17(4)28-21)15-16-33-18-11-13-19(14-12-18)34-25(5,6)24(31)32-9-3/h11-14,26-27H,7-10,15-16H2,1-6H3. The molecule has 0 aliphatic carbocycles. The Morgan fingerprint density at radius 1 is 1.21 bits per heavy atom. The summed E-state index contributed by atoms with van der Waals surface area (Å²) in [4.78, 5) is 30.7. The Morgan fingerprint density at radius 3 is 2.47 bits per heavy atom. The summed E-state index contributed by atoms with van der Waals surface area (Å²) < 4.78 is 11.9. The average molecular weight is 489 g/mol. The second kappa shape index (κ2) is 12.6. The molecule has 0 amide bonds. The molecule has 0 radical (unpaired) electrons. The van der Waals surface area contributed by atoms with Crippen LogP contribution >= 0.6 is 11.8 Å². The van der Waals surface area contributed by atoms with E-state index in [4.69, 9.17) is 14.9 Å². The molecule has 0 aliphatic rings. The Labute approximate surface area is 206 Å². The second-order valence-corrected chi connectivity index (χ2v) is 9.95. The normalized spacial score (nSPS) is 11.2. The van der Waals surface area contributed by atoms with Crippen LogP contribution in [0.25, 0.3) is 0 Å². The zero-order valence-corrected chi connectivity index (χ0v) is 21.8. The maximum atomic E-state index is 13.1. The molecule has 34 heavy (non-hydrogen) atoms. The first-order chi connectivity index (χ1) is 16.1. The second-order valence-electron chi connectivity index (χ2n) is 8.25. The summed E-state index contributed by atoms with van der Waals surface area (Å²) >= 11 is 1.43. The lowest BCUT2D eigenvalue weighted by molar-refractivity contribution is -0.145. The molecule has 1 aromatic carbocycles. The molecule has 9 heteroatoms. The van der Waals surface area contributed by atoms with Crippen molar-refractivity contribution in [2.24, 2.45) is 0 Å². The molecule has 186 valence electrons. The van der Waals surface area contributed by atoms with Gasteiger partial charge in [0.1, 0.15) is 34.3 Å². The van der Waals surface area contributed by atoms with Crippen molar-refractivity contribution in [1.82, 2.24) is 9.55 Å². The molecule has 0 spiro atoms. The predicted molar refractivity (Wildman–Crippen MR) is 138 cm³/mol. The number of aryl methyl sites for hydroxylation is 1. The van der Waals surface area contributed by atoms with Crippen LogP contribution in [0.15, 0.2) is 34.0 Å². The fraction of sp³-hybridized carbons (Fsp3) is 0.520. The highest BCUT2D eigenvalue weighted by molar-refractivity contribution is 8.01. The Hall–Kier alpha value is -2.81. The molecular formula is C25H36N4O4S. The number of nitrogens with one attached hydrogen (secondary N) is 2. The highest BCUT2D eigenvalue weighted by atomic mass is 32.2. The Kier molecular flexibility index (Phi) is 10.2. The summed E-state index contributed by atoms with van der Waals surface area (Å²) in [6, 6.07) is 7.49. The Balaban J connectivity index is 2.08. The summed E-state index contributed by atoms with van der Waals surface area (Å²) in [5, 5.41) is 11.4. The number of carbonyl (C=O) groups excluding carboxylic acids is 1. The van der Waals surface area contributed by atoms with Crippen molar-refractivity contribution in [3.63, 3.8) is 0 Å². The molecule has 0 atom stereocenters. The maximum Gasteiger partial charge on any atom is 0.321 e. The molecule has 0 unspecified atom stereocenters. The Bertz CT molecular complexity index is 1050. The third-order valence-electron chi connectivity index (χ3n) is 5.05. The van der Waals surface area contributed by atoms with Gasteiger partial charge in [-0.3, -0.25) is 14.2 Å². The van der Waals surface area contributed by atoms with Crippen LogP contribution in [0.3, 0.4) is 0 Å². The molecule has 0 bridgehead atoms. The van der Waals surface area contributed by atoms with E-state index in [1.165, 1.54) is 11.8 Å². The van der Waals surface area contributed by atoms with Gasteiger partial charge in [0.2, 0.25) is 0 Å². The number of benzene rings is 1. The summed E-state index contributed by atoms with van der Waals surface area (Å²) in [5.41, 5.74) is 0.979. The van der Waals surface area contributed by atoms with Crippen LogP contribution in [0.4, 0.5) is 5.69 Å². The molecule has 2 rings (SSSR count). The van der Waals surface area contributed by atoms with Gasteiger partial charge in [0.05, 0.1) is 18.9 Å². The fourth-order valence-corrected chi connectivity index (χ4v) is 4.35. The summed E-state index contributed by atoms with van der Waals surface area (Å²) in [7, 11) is 0. The largest absolute Gasteiger partial charge is 0.492 e. The number of anilines is 1. The van der Waals surface area contributed by atoms with Crippen molar-refractivity contribution in [3.8, 4) is 5.75 Å². The highest BCUT2D eigenvalue weighted by Crippen LogP contribution is 2.34. The van der Waals surface area contributed by atoms with Crippen LogP contribution in [-0.2, 0) is 16.1 Å². The van der Waals surface area contributed by atoms with Crippen molar-refractivity contribution in [2.75, 3.05) is 25.1 Å². The van der Waals surface area contributed by atoms with Crippen molar-refractivity contribution in [2.45, 2.75) is 70.6 Å². The van der Waals surface area contributed by atoms with Gasteiger partial charge in [-0.2, -0.15) is 0 Å². The van der Waals surface area contributed by atoms with Gasteiger partial charge in [-0.05, 0) is 65.3 Å². The molecule has 8 nitrogen and oxygen atoms in total. The fourth-order valence-electron chi connectivity index (χ4n) is 3.35. The molecular weight excluding hydrogens is 452 g/mol. The van der Waals surface area contributed by atoms with E-state index in [0.29, 0.717) is 61.4 Å². The Morgan fingerprint density at radius 2 is 1.88 bits per heavy atom. The smallest absolute Gasteiger partial charge is 0.321 e. The van der Waals surface area contributed by atoms with Gasteiger partial charge in [-0.15, -0.1) is 11.8 Å². The van der Waals surface area contributed by atoms with Crippen LogP contribution in [0.2, 0.25) is 0 Å². The van der Waals surface area contributed by atoms with E-state index >= 15 is 0 Å². The first-order valence-corrected chi connectivity index (χ1v) is 12.5. The van der Waals surface area contributed by atoms with Gasteiger partial charge in [-0.1, -0.05) is 13.3 Å². The summed E-state index contributed by atoms with van der Waals surface area (Å²) in [6.45, 7) is 12.7. The van der Waals surface area contributed by atoms with Crippen LogP contribution in [0.5, 0.6) is 5.75 Å². The topological polar surface area (TPSA) is 106 Å². The molecule has 0 saturated heterocycles. The lowest BCUT2D eigenvalue weighted by atomic mass is 10.1. The third-order valence-corrected chi connectivity index (χ3v) is 6.23. The molecule has 1 aromatic heterocycles. The summed E-state index contributed by atoms with van der Waals surface area (Å²) in [5.74, 6) is 0.979. The van der Waals surface area contributed by atoms with Gasteiger partial charge in [0.25, 0.3) is 5.56 Å².